The monoisotopic (exact) mass is 438 g/mol. The van der Waals surface area contributed by atoms with Crippen molar-refractivity contribution in [2.24, 2.45) is 0 Å². The van der Waals surface area contributed by atoms with Gasteiger partial charge in [0, 0.05) is 42.5 Å². The Kier molecular flexibility index (Phi) is 5.41. The number of fused-ring (bicyclic) bond motifs is 1. The molecule has 0 bridgehead atoms. The van der Waals surface area contributed by atoms with Gasteiger partial charge in [-0.15, -0.1) is 0 Å². The molecule has 0 aliphatic carbocycles. The summed E-state index contributed by atoms with van der Waals surface area (Å²) in [6, 6.07) is 1.51. The lowest BCUT2D eigenvalue weighted by atomic mass is 10.2. The van der Waals surface area contributed by atoms with Gasteiger partial charge in [-0.25, -0.2) is 27.8 Å². The van der Waals surface area contributed by atoms with Gasteiger partial charge >= 0.3 is 0 Å². The van der Waals surface area contributed by atoms with Gasteiger partial charge in [-0.2, -0.15) is 4.31 Å². The lowest BCUT2D eigenvalue weighted by Gasteiger charge is -2.17. The van der Waals surface area contributed by atoms with Crippen molar-refractivity contribution in [1.82, 2.24) is 24.2 Å². The van der Waals surface area contributed by atoms with Crippen LogP contribution < -0.4 is 5.32 Å². The van der Waals surface area contributed by atoms with E-state index in [2.05, 4.69) is 25.3 Å². The van der Waals surface area contributed by atoms with Crippen molar-refractivity contribution >= 4 is 38.5 Å². The molecule has 0 saturated carbocycles. The van der Waals surface area contributed by atoms with Crippen molar-refractivity contribution in [3.63, 3.8) is 0 Å². The van der Waals surface area contributed by atoms with Crippen LogP contribution in [0.4, 0.5) is 10.2 Å². The zero-order valence-electron chi connectivity index (χ0n) is 15.7. The summed E-state index contributed by atoms with van der Waals surface area (Å²) < 4.78 is 40.3. The first-order valence-electron chi connectivity index (χ1n) is 9.27. The number of rotatable bonds is 6. The second-order valence-corrected chi connectivity index (χ2v) is 9.47. The maximum absolute atomic E-state index is 14.3. The van der Waals surface area contributed by atoms with Crippen molar-refractivity contribution in [3.8, 4) is 11.4 Å². The average Bonchev–Trinajstić information content (AvgIpc) is 3.31. The van der Waals surface area contributed by atoms with Crippen LogP contribution in [0.3, 0.4) is 0 Å². The molecule has 2 N–H and O–H groups in total. The van der Waals surface area contributed by atoms with E-state index in [-0.39, 0.29) is 24.2 Å². The van der Waals surface area contributed by atoms with Crippen LogP contribution >= 0.6 is 11.6 Å². The molecule has 1 aliphatic rings. The minimum absolute atomic E-state index is 0.0408. The number of halogens is 2. The highest BCUT2D eigenvalue weighted by molar-refractivity contribution is 7.89. The third-order valence-corrected chi connectivity index (χ3v) is 7.08. The average molecular weight is 439 g/mol. The van der Waals surface area contributed by atoms with E-state index in [4.69, 9.17) is 11.6 Å². The molecule has 0 radical (unpaired) electrons. The molecule has 4 heterocycles. The molecular formula is C18H20ClFN6O2S. The Hall–Kier alpha value is -2.30. The molecule has 0 aromatic carbocycles. The Bertz CT molecular complexity index is 1150. The van der Waals surface area contributed by atoms with E-state index in [0.29, 0.717) is 41.4 Å². The minimum Gasteiger partial charge on any atom is -0.363 e. The molecule has 29 heavy (non-hydrogen) atoms. The maximum Gasteiger partial charge on any atom is 0.214 e. The molecule has 154 valence electrons. The number of aromatic amines is 1. The van der Waals surface area contributed by atoms with Crippen LogP contribution in [-0.4, -0.2) is 57.5 Å². The molecule has 4 rings (SSSR count). The van der Waals surface area contributed by atoms with E-state index in [0.717, 1.165) is 11.6 Å². The van der Waals surface area contributed by atoms with E-state index in [9.17, 15) is 12.8 Å². The van der Waals surface area contributed by atoms with Gasteiger partial charge in [0.05, 0.1) is 17.0 Å². The normalized spacial score (nSPS) is 17.8. The van der Waals surface area contributed by atoms with Gasteiger partial charge in [-0.3, -0.25) is 0 Å². The lowest BCUT2D eigenvalue weighted by Crippen LogP contribution is -2.33. The second kappa shape index (κ2) is 7.85. The number of nitrogens with one attached hydrogen (secondary N) is 2. The summed E-state index contributed by atoms with van der Waals surface area (Å²) in [5, 5.41) is 4.23. The number of sulfonamides is 1. The number of hydrogen-bond donors (Lipinski definition) is 2. The van der Waals surface area contributed by atoms with E-state index in [1.54, 1.807) is 12.3 Å². The summed E-state index contributed by atoms with van der Waals surface area (Å²) >= 11 is 6.03. The van der Waals surface area contributed by atoms with E-state index < -0.39 is 15.8 Å². The van der Waals surface area contributed by atoms with Crippen LogP contribution in [0.25, 0.3) is 22.4 Å². The third-order valence-electron chi connectivity index (χ3n) is 4.83. The fourth-order valence-electron chi connectivity index (χ4n) is 3.44. The van der Waals surface area contributed by atoms with Gasteiger partial charge in [0.15, 0.2) is 17.5 Å². The zero-order chi connectivity index (χ0) is 20.6. The van der Waals surface area contributed by atoms with Gasteiger partial charge in [0.25, 0.3) is 0 Å². The highest BCUT2D eigenvalue weighted by Gasteiger charge is 2.31. The smallest absolute Gasteiger partial charge is 0.214 e. The topological polar surface area (TPSA) is 104 Å². The fourth-order valence-corrected chi connectivity index (χ4v) is 5.16. The number of anilines is 1. The zero-order valence-corrected chi connectivity index (χ0v) is 17.3. The van der Waals surface area contributed by atoms with E-state index in [1.165, 1.54) is 10.5 Å². The molecule has 1 fully saturated rings. The predicted octanol–water partition coefficient (Wildman–Crippen LogP) is 3.04. The van der Waals surface area contributed by atoms with Crippen molar-refractivity contribution in [2.75, 3.05) is 24.2 Å². The summed E-state index contributed by atoms with van der Waals surface area (Å²) in [5.74, 6) is -0.125. The first-order chi connectivity index (χ1) is 13.9. The summed E-state index contributed by atoms with van der Waals surface area (Å²) in [5.41, 5.74) is 1.27. The highest BCUT2D eigenvalue weighted by Crippen LogP contribution is 2.28. The summed E-state index contributed by atoms with van der Waals surface area (Å²) in [6.45, 7) is 2.52. The van der Waals surface area contributed by atoms with Gasteiger partial charge in [-0.1, -0.05) is 18.5 Å². The quantitative estimate of drug-likeness (QED) is 0.613. The molecule has 0 unspecified atom stereocenters. The van der Waals surface area contributed by atoms with Crippen molar-refractivity contribution in [1.29, 1.82) is 0 Å². The van der Waals surface area contributed by atoms with Crippen molar-refractivity contribution in [2.45, 2.75) is 25.8 Å². The molecule has 1 atom stereocenters. The first kappa shape index (κ1) is 20.0. The Balaban J connectivity index is 1.57. The molecule has 1 aliphatic heterocycles. The Labute approximate surface area is 172 Å². The number of aromatic nitrogens is 4. The molecular weight excluding hydrogens is 419 g/mol. The van der Waals surface area contributed by atoms with Crippen molar-refractivity contribution < 1.29 is 12.8 Å². The Morgan fingerprint density at radius 3 is 3.00 bits per heavy atom. The Morgan fingerprint density at radius 1 is 1.38 bits per heavy atom. The number of hydrogen-bond acceptors (Lipinski definition) is 6. The lowest BCUT2D eigenvalue weighted by molar-refractivity contribution is 0.473. The molecule has 1 saturated heterocycles. The summed E-state index contributed by atoms with van der Waals surface area (Å²) in [4.78, 5) is 15.6. The Morgan fingerprint density at radius 2 is 2.21 bits per heavy atom. The molecule has 0 spiro atoms. The van der Waals surface area contributed by atoms with Crippen LogP contribution in [0.1, 0.15) is 19.8 Å². The molecule has 3 aromatic heterocycles. The van der Waals surface area contributed by atoms with Crippen LogP contribution in [0, 0.1) is 5.82 Å². The molecule has 8 nitrogen and oxygen atoms in total. The third kappa shape index (κ3) is 4.05. The van der Waals surface area contributed by atoms with E-state index in [1.807, 2.05) is 6.92 Å². The standard InChI is InChI=1S/C18H20ClFN6O2S/c1-2-5-29(27,28)26-4-3-12(10-26)24-18-15(20)9-23-17(25-18)14-8-22-16-13(14)6-11(19)7-21-16/h6-9,12H,2-5,10H2,1H3,(H,21,22)(H,23,24,25)/t12-/m1/s1. The van der Waals surface area contributed by atoms with Gasteiger partial charge in [-0.05, 0) is 18.9 Å². The van der Waals surface area contributed by atoms with Gasteiger partial charge in [0.1, 0.15) is 5.65 Å². The fraction of sp³-hybridized carbons (Fsp3) is 0.389. The number of H-pyrrole nitrogens is 1. The summed E-state index contributed by atoms with van der Waals surface area (Å²) in [7, 11) is -3.27. The van der Waals surface area contributed by atoms with Gasteiger partial charge in [0.2, 0.25) is 10.0 Å². The van der Waals surface area contributed by atoms with Gasteiger partial charge < -0.3 is 10.3 Å². The summed E-state index contributed by atoms with van der Waals surface area (Å²) in [6.07, 6.45) is 5.46. The minimum atomic E-state index is -3.27. The maximum atomic E-state index is 14.3. The predicted molar refractivity (Wildman–Crippen MR) is 110 cm³/mol. The second-order valence-electron chi connectivity index (χ2n) is 6.95. The highest BCUT2D eigenvalue weighted by atomic mass is 35.5. The number of pyridine rings is 1. The van der Waals surface area contributed by atoms with Crippen LogP contribution in [0.5, 0.6) is 0 Å². The SMILES string of the molecule is CCCS(=O)(=O)N1CC[C@@H](Nc2nc(-c3c[nH]c4ncc(Cl)cc34)ncc2F)C1. The number of nitrogens with zero attached hydrogens (tertiary/aromatic N) is 4. The molecule has 3 aromatic rings. The first-order valence-corrected chi connectivity index (χ1v) is 11.3. The van der Waals surface area contributed by atoms with Crippen molar-refractivity contribution in [3.05, 3.63) is 35.5 Å². The molecule has 11 heteroatoms. The van der Waals surface area contributed by atoms with Crippen LogP contribution in [-0.2, 0) is 10.0 Å². The van der Waals surface area contributed by atoms with Crippen LogP contribution in [0.15, 0.2) is 24.7 Å². The van der Waals surface area contributed by atoms with E-state index >= 15 is 0 Å². The van der Waals surface area contributed by atoms with Crippen LogP contribution in [0.2, 0.25) is 5.02 Å². The largest absolute Gasteiger partial charge is 0.363 e. The molecule has 0 amide bonds.